The minimum Gasteiger partial charge on any atom is -0.482 e. The second-order valence-corrected chi connectivity index (χ2v) is 6.91. The Morgan fingerprint density at radius 3 is 2.74 bits per heavy atom. The first-order chi connectivity index (χ1) is 12.6. The summed E-state index contributed by atoms with van der Waals surface area (Å²) in [6.07, 6.45) is -2.66. The van der Waals surface area contributed by atoms with Crippen LogP contribution >= 0.6 is 0 Å². The molecule has 3 rings (SSSR count). The molecule has 6 nitrogen and oxygen atoms in total. The molecule has 0 unspecified atom stereocenters. The standard InChI is InChI=1S/C17H18F4N2O4/c18-11-3-4-12(13(6-11)27-9-17(19,20)21)22-15(26)23-7-10-2-1-5-16(10,8-23)14(24)25/h3-4,6,10H,1-2,5,7-9H2,(H,22,26)(H,24,25)/t10-,16+/m0/s1. The molecule has 148 valence electrons. The number of carbonyl (C=O) groups excluding carboxylic acids is 1. The molecule has 0 radical (unpaired) electrons. The molecule has 2 fully saturated rings. The molecule has 1 saturated carbocycles. The lowest BCUT2D eigenvalue weighted by atomic mass is 9.81. The average Bonchev–Trinajstić information content (AvgIpc) is 3.12. The van der Waals surface area contributed by atoms with Crippen molar-refractivity contribution in [3.05, 3.63) is 24.0 Å². The first-order valence-corrected chi connectivity index (χ1v) is 8.39. The zero-order valence-electron chi connectivity index (χ0n) is 14.2. The average molecular weight is 390 g/mol. The lowest BCUT2D eigenvalue weighted by Crippen LogP contribution is -2.38. The molecule has 1 saturated heterocycles. The molecule has 10 heteroatoms. The number of benzene rings is 1. The Kier molecular flexibility index (Phi) is 4.92. The summed E-state index contributed by atoms with van der Waals surface area (Å²) in [6.45, 7) is -1.36. The quantitative estimate of drug-likeness (QED) is 0.772. The second-order valence-electron chi connectivity index (χ2n) is 6.91. The number of alkyl halides is 3. The molecule has 0 aromatic heterocycles. The van der Waals surface area contributed by atoms with Crippen molar-refractivity contribution in [3.63, 3.8) is 0 Å². The van der Waals surface area contributed by atoms with Gasteiger partial charge in [0.15, 0.2) is 6.61 Å². The van der Waals surface area contributed by atoms with Gasteiger partial charge < -0.3 is 20.1 Å². The highest BCUT2D eigenvalue weighted by Gasteiger charge is 2.55. The Morgan fingerprint density at radius 2 is 2.11 bits per heavy atom. The number of carboxylic acid groups (broad SMARTS) is 1. The van der Waals surface area contributed by atoms with Gasteiger partial charge >= 0.3 is 18.2 Å². The van der Waals surface area contributed by atoms with E-state index in [1.165, 1.54) is 4.90 Å². The number of nitrogens with zero attached hydrogens (tertiary/aromatic N) is 1. The van der Waals surface area contributed by atoms with Gasteiger partial charge in [0, 0.05) is 19.2 Å². The summed E-state index contributed by atoms with van der Waals surface area (Å²) >= 11 is 0. The molecule has 0 bridgehead atoms. The molecule has 0 spiro atoms. The minimum absolute atomic E-state index is 0.0266. The summed E-state index contributed by atoms with van der Waals surface area (Å²) in [5.41, 5.74) is -1.09. The number of likely N-dealkylation sites (tertiary alicyclic amines) is 1. The van der Waals surface area contributed by atoms with Gasteiger partial charge in [0.05, 0.1) is 11.1 Å². The number of fused-ring (bicyclic) bond motifs is 1. The van der Waals surface area contributed by atoms with Crippen LogP contribution in [-0.2, 0) is 4.79 Å². The fourth-order valence-electron chi connectivity index (χ4n) is 3.87. The van der Waals surface area contributed by atoms with Crippen LogP contribution in [0, 0.1) is 17.2 Å². The van der Waals surface area contributed by atoms with Crippen LogP contribution in [0.2, 0.25) is 0 Å². The maximum Gasteiger partial charge on any atom is 0.422 e. The molecule has 1 heterocycles. The maximum absolute atomic E-state index is 13.4. The minimum atomic E-state index is -4.62. The van der Waals surface area contributed by atoms with Crippen molar-refractivity contribution in [2.24, 2.45) is 11.3 Å². The summed E-state index contributed by atoms with van der Waals surface area (Å²) in [5, 5.41) is 12.0. The zero-order valence-corrected chi connectivity index (χ0v) is 14.2. The van der Waals surface area contributed by atoms with Crippen molar-refractivity contribution >= 4 is 17.7 Å². The van der Waals surface area contributed by atoms with Gasteiger partial charge in [-0.05, 0) is 30.9 Å². The summed E-state index contributed by atoms with van der Waals surface area (Å²) in [7, 11) is 0. The number of aliphatic carboxylic acids is 1. The van der Waals surface area contributed by atoms with Gasteiger partial charge in [-0.3, -0.25) is 4.79 Å². The molecule has 1 aliphatic carbocycles. The molecule has 1 aliphatic heterocycles. The summed E-state index contributed by atoms with van der Waals surface area (Å²) in [6, 6.07) is 2.17. The number of rotatable bonds is 4. The van der Waals surface area contributed by atoms with E-state index in [0.29, 0.717) is 12.8 Å². The van der Waals surface area contributed by atoms with E-state index in [0.717, 1.165) is 24.6 Å². The van der Waals surface area contributed by atoms with Crippen LogP contribution < -0.4 is 10.1 Å². The van der Waals surface area contributed by atoms with Crippen molar-refractivity contribution < 1.29 is 37.0 Å². The van der Waals surface area contributed by atoms with E-state index in [2.05, 4.69) is 10.1 Å². The van der Waals surface area contributed by atoms with Crippen molar-refractivity contribution in [3.8, 4) is 5.75 Å². The number of nitrogens with one attached hydrogen (secondary N) is 1. The van der Waals surface area contributed by atoms with Crippen molar-refractivity contribution in [2.45, 2.75) is 25.4 Å². The van der Waals surface area contributed by atoms with Crippen LogP contribution in [-0.4, -0.2) is 47.9 Å². The molecular formula is C17H18F4N2O4. The van der Waals surface area contributed by atoms with E-state index in [1.54, 1.807) is 0 Å². The SMILES string of the molecule is O=C(Nc1ccc(F)cc1OCC(F)(F)F)N1C[C@@H]2CCC[C@@]2(C(=O)O)C1. The van der Waals surface area contributed by atoms with E-state index in [-0.39, 0.29) is 24.7 Å². The van der Waals surface area contributed by atoms with Gasteiger partial charge in [-0.15, -0.1) is 0 Å². The van der Waals surface area contributed by atoms with Crippen LogP contribution in [0.3, 0.4) is 0 Å². The fourth-order valence-corrected chi connectivity index (χ4v) is 3.87. The molecule has 27 heavy (non-hydrogen) atoms. The largest absolute Gasteiger partial charge is 0.482 e. The number of hydrogen-bond donors (Lipinski definition) is 2. The van der Waals surface area contributed by atoms with E-state index in [4.69, 9.17) is 0 Å². The lowest BCUT2D eigenvalue weighted by Gasteiger charge is -2.23. The third-order valence-corrected chi connectivity index (χ3v) is 5.16. The third-order valence-electron chi connectivity index (χ3n) is 5.16. The Morgan fingerprint density at radius 1 is 1.37 bits per heavy atom. The molecule has 1 aromatic carbocycles. The van der Waals surface area contributed by atoms with Crippen LogP contribution in [0.4, 0.5) is 28.0 Å². The molecular weight excluding hydrogens is 372 g/mol. The van der Waals surface area contributed by atoms with E-state index in [9.17, 15) is 32.3 Å². The molecule has 2 N–H and O–H groups in total. The van der Waals surface area contributed by atoms with Crippen molar-refractivity contribution in [2.75, 3.05) is 25.0 Å². The highest BCUT2D eigenvalue weighted by Crippen LogP contribution is 2.49. The summed E-state index contributed by atoms with van der Waals surface area (Å²) in [4.78, 5) is 25.5. The zero-order chi connectivity index (χ0) is 19.8. The predicted molar refractivity (Wildman–Crippen MR) is 86.0 cm³/mol. The Hall–Kier alpha value is -2.52. The van der Waals surface area contributed by atoms with Crippen LogP contribution in [0.15, 0.2) is 18.2 Å². The van der Waals surface area contributed by atoms with Gasteiger partial charge in [-0.25, -0.2) is 9.18 Å². The third kappa shape index (κ3) is 3.93. The van der Waals surface area contributed by atoms with Crippen molar-refractivity contribution in [1.29, 1.82) is 0 Å². The maximum atomic E-state index is 13.4. The number of halogens is 4. The number of hydrogen-bond acceptors (Lipinski definition) is 3. The number of carboxylic acids is 1. The van der Waals surface area contributed by atoms with Gasteiger partial charge in [0.1, 0.15) is 11.6 Å². The molecule has 2 amide bonds. The highest BCUT2D eigenvalue weighted by atomic mass is 19.4. The Bertz CT molecular complexity index is 755. The molecule has 2 atom stereocenters. The monoisotopic (exact) mass is 390 g/mol. The number of ether oxygens (including phenoxy) is 1. The topological polar surface area (TPSA) is 78.9 Å². The van der Waals surface area contributed by atoms with Gasteiger partial charge in [0.25, 0.3) is 0 Å². The van der Waals surface area contributed by atoms with Gasteiger partial charge in [-0.2, -0.15) is 13.2 Å². The highest BCUT2D eigenvalue weighted by molar-refractivity contribution is 5.92. The van der Waals surface area contributed by atoms with Crippen LogP contribution in [0.25, 0.3) is 0 Å². The number of anilines is 1. The van der Waals surface area contributed by atoms with Crippen LogP contribution in [0.1, 0.15) is 19.3 Å². The normalized spacial score (nSPS) is 24.6. The summed E-state index contributed by atoms with van der Waals surface area (Å²) < 4.78 is 55.0. The fraction of sp³-hybridized carbons (Fsp3) is 0.529. The lowest BCUT2D eigenvalue weighted by molar-refractivity contribution is -0.153. The predicted octanol–water partition coefficient (Wildman–Crippen LogP) is 3.49. The first kappa shape index (κ1) is 19.2. The van der Waals surface area contributed by atoms with Gasteiger partial charge in [0.2, 0.25) is 0 Å². The molecule has 2 aliphatic rings. The summed E-state index contributed by atoms with van der Waals surface area (Å²) in [5.74, 6) is -2.37. The second kappa shape index (κ2) is 6.90. The van der Waals surface area contributed by atoms with Crippen LogP contribution in [0.5, 0.6) is 5.75 Å². The molecule has 1 aromatic rings. The van der Waals surface area contributed by atoms with E-state index < -0.39 is 41.8 Å². The first-order valence-electron chi connectivity index (χ1n) is 8.39. The van der Waals surface area contributed by atoms with Crippen molar-refractivity contribution in [1.82, 2.24) is 4.90 Å². The van der Waals surface area contributed by atoms with Gasteiger partial charge in [-0.1, -0.05) is 6.42 Å². The van der Waals surface area contributed by atoms with E-state index >= 15 is 0 Å². The number of carbonyl (C=O) groups is 2. The Labute approximate surface area is 152 Å². The Balaban J connectivity index is 1.72. The van der Waals surface area contributed by atoms with E-state index in [1.807, 2.05) is 0 Å². The number of amides is 2. The smallest absolute Gasteiger partial charge is 0.422 e. The number of urea groups is 1.